The average molecular weight is 468 g/mol. The molecule has 0 aliphatic carbocycles. The highest BCUT2D eigenvalue weighted by molar-refractivity contribution is 6.06. The van der Waals surface area contributed by atoms with Gasteiger partial charge in [0.1, 0.15) is 11.4 Å². The van der Waals surface area contributed by atoms with E-state index in [1.807, 2.05) is 18.2 Å². The first-order valence-electron chi connectivity index (χ1n) is 10.9. The maximum atomic E-state index is 13.1. The number of para-hydroxylation sites is 1. The minimum absolute atomic E-state index is 0.0233. The molecule has 0 radical (unpaired) electrons. The Labute approximate surface area is 198 Å². The third kappa shape index (κ3) is 4.08. The zero-order chi connectivity index (χ0) is 24.4. The lowest BCUT2D eigenvalue weighted by Gasteiger charge is -2.11. The zero-order valence-corrected chi connectivity index (χ0v) is 18.6. The van der Waals surface area contributed by atoms with Gasteiger partial charge in [-0.2, -0.15) is 10.2 Å². The molecule has 0 saturated heterocycles. The summed E-state index contributed by atoms with van der Waals surface area (Å²) in [6.45, 7) is 2.05. The van der Waals surface area contributed by atoms with Crippen LogP contribution >= 0.6 is 0 Å². The lowest BCUT2D eigenvalue weighted by molar-refractivity contribution is 0.0839. The Morgan fingerprint density at radius 2 is 1.60 bits per heavy atom. The molecule has 10 nitrogen and oxygen atoms in total. The van der Waals surface area contributed by atoms with Gasteiger partial charge in [0.25, 0.3) is 17.4 Å². The van der Waals surface area contributed by atoms with Gasteiger partial charge in [-0.3, -0.25) is 25.2 Å². The van der Waals surface area contributed by atoms with Gasteiger partial charge in [-0.05, 0) is 37.3 Å². The molecule has 0 saturated carbocycles. The molecule has 10 heteroatoms. The summed E-state index contributed by atoms with van der Waals surface area (Å²) in [7, 11) is 0. The largest absolute Gasteiger partial charge is 0.463 e. The van der Waals surface area contributed by atoms with Crippen molar-refractivity contribution in [2.45, 2.75) is 13.5 Å². The van der Waals surface area contributed by atoms with Gasteiger partial charge in [0, 0.05) is 18.0 Å². The molecule has 5 aromatic rings. The molecule has 174 valence electrons. The SMILES string of the molecule is CCn1nc(C(=O)NNC(=O)c2cc(-c3ccco3)nn2-c2ccccc2)c2ccccc2c1=O. The maximum absolute atomic E-state index is 13.1. The Morgan fingerprint density at radius 1 is 0.886 bits per heavy atom. The van der Waals surface area contributed by atoms with Gasteiger partial charge >= 0.3 is 0 Å². The summed E-state index contributed by atoms with van der Waals surface area (Å²) >= 11 is 0. The Bertz CT molecular complexity index is 1590. The van der Waals surface area contributed by atoms with E-state index in [9.17, 15) is 14.4 Å². The number of aryl methyl sites for hydroxylation is 1. The number of hydrogen-bond acceptors (Lipinski definition) is 6. The van der Waals surface area contributed by atoms with E-state index in [0.717, 1.165) is 0 Å². The number of carbonyl (C=O) groups excluding carboxylic acids is 2. The van der Waals surface area contributed by atoms with Crippen LogP contribution in [-0.4, -0.2) is 31.4 Å². The summed E-state index contributed by atoms with van der Waals surface area (Å²) in [5.74, 6) is -0.760. The molecule has 0 spiro atoms. The molecule has 0 unspecified atom stereocenters. The number of carbonyl (C=O) groups is 2. The van der Waals surface area contributed by atoms with E-state index in [4.69, 9.17) is 4.42 Å². The van der Waals surface area contributed by atoms with Crippen molar-refractivity contribution in [3.8, 4) is 17.1 Å². The van der Waals surface area contributed by atoms with Crippen LogP contribution in [0, 0.1) is 0 Å². The van der Waals surface area contributed by atoms with Crippen LogP contribution < -0.4 is 16.4 Å². The molecule has 0 atom stereocenters. The molecule has 3 aromatic heterocycles. The first-order chi connectivity index (χ1) is 17.1. The summed E-state index contributed by atoms with van der Waals surface area (Å²) in [5, 5.41) is 9.44. The molecular formula is C25H20N6O4. The Balaban J connectivity index is 1.45. The second-order valence-electron chi connectivity index (χ2n) is 7.56. The number of amides is 2. The minimum atomic E-state index is -0.659. The highest BCUT2D eigenvalue weighted by Gasteiger charge is 2.21. The second kappa shape index (κ2) is 9.10. The fraction of sp³-hybridized carbons (Fsp3) is 0.0800. The van der Waals surface area contributed by atoms with Crippen LogP contribution in [0.25, 0.3) is 27.9 Å². The van der Waals surface area contributed by atoms with Crippen LogP contribution in [0.3, 0.4) is 0 Å². The number of nitrogens with one attached hydrogen (secondary N) is 2. The van der Waals surface area contributed by atoms with Gasteiger partial charge in [-0.1, -0.05) is 36.4 Å². The molecular weight excluding hydrogens is 448 g/mol. The van der Waals surface area contributed by atoms with E-state index in [1.165, 1.54) is 15.6 Å². The van der Waals surface area contributed by atoms with Crippen molar-refractivity contribution < 1.29 is 14.0 Å². The van der Waals surface area contributed by atoms with Crippen molar-refractivity contribution in [2.24, 2.45) is 0 Å². The number of aromatic nitrogens is 4. The predicted molar refractivity (Wildman–Crippen MR) is 128 cm³/mol. The van der Waals surface area contributed by atoms with Crippen LogP contribution in [0.4, 0.5) is 0 Å². The number of hydrazine groups is 1. The van der Waals surface area contributed by atoms with Crippen LogP contribution in [0.2, 0.25) is 0 Å². The predicted octanol–water partition coefficient (Wildman–Crippen LogP) is 2.94. The topological polar surface area (TPSA) is 124 Å². The summed E-state index contributed by atoms with van der Waals surface area (Å²) in [6.07, 6.45) is 1.52. The number of nitrogens with zero attached hydrogens (tertiary/aromatic N) is 4. The average Bonchev–Trinajstić information content (AvgIpc) is 3.58. The highest BCUT2D eigenvalue weighted by atomic mass is 16.3. The van der Waals surface area contributed by atoms with Crippen molar-refractivity contribution in [3.05, 3.63) is 101 Å². The van der Waals surface area contributed by atoms with Crippen molar-refractivity contribution in [3.63, 3.8) is 0 Å². The molecule has 2 aromatic carbocycles. The first kappa shape index (κ1) is 21.8. The monoisotopic (exact) mass is 468 g/mol. The zero-order valence-electron chi connectivity index (χ0n) is 18.6. The molecule has 35 heavy (non-hydrogen) atoms. The maximum Gasteiger partial charge on any atom is 0.290 e. The number of furan rings is 1. The third-order valence-electron chi connectivity index (χ3n) is 5.39. The smallest absolute Gasteiger partial charge is 0.290 e. The van der Waals surface area contributed by atoms with E-state index >= 15 is 0 Å². The minimum Gasteiger partial charge on any atom is -0.463 e. The highest BCUT2D eigenvalue weighted by Crippen LogP contribution is 2.22. The third-order valence-corrected chi connectivity index (χ3v) is 5.39. The molecule has 2 N–H and O–H groups in total. The number of benzene rings is 2. The molecule has 0 bridgehead atoms. The van der Waals surface area contributed by atoms with Gasteiger partial charge in [-0.15, -0.1) is 0 Å². The fourth-order valence-electron chi connectivity index (χ4n) is 3.71. The standard InChI is InChI=1S/C25H20N6O4/c1-2-30-25(34)18-12-7-6-11-17(18)22(29-30)24(33)27-26-23(32)20-15-19(21-13-8-14-35-21)28-31(20)16-9-4-3-5-10-16/h3-15H,2H2,1H3,(H,26,32)(H,27,33). The van der Waals surface area contributed by atoms with Gasteiger partial charge in [0.05, 0.1) is 17.3 Å². The second-order valence-corrected chi connectivity index (χ2v) is 7.56. The number of rotatable bonds is 5. The van der Waals surface area contributed by atoms with E-state index in [1.54, 1.807) is 61.5 Å². The number of fused-ring (bicyclic) bond motifs is 1. The Kier molecular flexibility index (Phi) is 5.68. The molecule has 2 amide bonds. The number of hydrogen-bond donors (Lipinski definition) is 2. The molecule has 5 rings (SSSR count). The first-order valence-corrected chi connectivity index (χ1v) is 10.9. The van der Waals surface area contributed by atoms with Crippen LogP contribution in [0.15, 0.2) is 88.3 Å². The lowest BCUT2D eigenvalue weighted by atomic mass is 10.1. The van der Waals surface area contributed by atoms with Gasteiger partial charge < -0.3 is 4.42 Å². The quantitative estimate of drug-likeness (QED) is 0.382. The van der Waals surface area contributed by atoms with Crippen molar-refractivity contribution >= 4 is 22.6 Å². The molecule has 0 aliphatic heterocycles. The summed E-state index contributed by atoms with van der Waals surface area (Å²) < 4.78 is 8.09. The lowest BCUT2D eigenvalue weighted by Crippen LogP contribution is -2.43. The summed E-state index contributed by atoms with van der Waals surface area (Å²) in [6, 6.07) is 20.8. The summed E-state index contributed by atoms with van der Waals surface area (Å²) in [5.41, 5.74) is 5.85. The van der Waals surface area contributed by atoms with Gasteiger partial charge in [-0.25, -0.2) is 9.36 Å². The van der Waals surface area contributed by atoms with E-state index in [0.29, 0.717) is 34.5 Å². The molecule has 3 heterocycles. The van der Waals surface area contributed by atoms with Gasteiger partial charge in [0.2, 0.25) is 0 Å². The summed E-state index contributed by atoms with van der Waals surface area (Å²) in [4.78, 5) is 38.6. The Hall–Kier alpha value is -4.99. The van der Waals surface area contributed by atoms with Crippen LogP contribution in [-0.2, 0) is 6.54 Å². The van der Waals surface area contributed by atoms with Crippen LogP contribution in [0.1, 0.15) is 27.9 Å². The van der Waals surface area contributed by atoms with Gasteiger partial charge in [0.15, 0.2) is 11.5 Å². The molecule has 0 aliphatic rings. The van der Waals surface area contributed by atoms with Crippen molar-refractivity contribution in [1.82, 2.24) is 30.4 Å². The van der Waals surface area contributed by atoms with E-state index < -0.39 is 11.8 Å². The van der Waals surface area contributed by atoms with E-state index in [-0.39, 0.29) is 16.9 Å². The van der Waals surface area contributed by atoms with Crippen LogP contribution in [0.5, 0.6) is 0 Å². The Morgan fingerprint density at radius 3 is 2.31 bits per heavy atom. The normalized spacial score (nSPS) is 10.9. The fourth-order valence-corrected chi connectivity index (χ4v) is 3.71. The van der Waals surface area contributed by atoms with E-state index in [2.05, 4.69) is 21.0 Å². The van der Waals surface area contributed by atoms with Crippen molar-refractivity contribution in [1.29, 1.82) is 0 Å². The van der Waals surface area contributed by atoms with Crippen molar-refractivity contribution in [2.75, 3.05) is 0 Å². The molecule has 0 fully saturated rings.